The van der Waals surface area contributed by atoms with Gasteiger partial charge in [0, 0.05) is 5.69 Å². The van der Waals surface area contributed by atoms with Gasteiger partial charge in [-0.25, -0.2) is 4.79 Å². The first-order valence-electron chi connectivity index (χ1n) is 5.81. The van der Waals surface area contributed by atoms with Crippen molar-refractivity contribution >= 4 is 11.7 Å². The van der Waals surface area contributed by atoms with Crippen molar-refractivity contribution in [2.45, 2.75) is 32.7 Å². The Morgan fingerprint density at radius 2 is 1.82 bits per heavy atom. The van der Waals surface area contributed by atoms with Gasteiger partial charge < -0.3 is 15.7 Å². The quantitative estimate of drug-likeness (QED) is 0.751. The highest BCUT2D eigenvalue weighted by Crippen LogP contribution is 2.16. The summed E-state index contributed by atoms with van der Waals surface area (Å²) in [7, 11) is 0. The number of carbonyl (C=O) groups is 1. The first kappa shape index (κ1) is 13.5. The number of amides is 2. The van der Waals surface area contributed by atoms with E-state index in [4.69, 9.17) is 5.11 Å². The van der Waals surface area contributed by atoms with E-state index in [1.807, 2.05) is 24.3 Å². The van der Waals surface area contributed by atoms with Gasteiger partial charge in [-0.2, -0.15) is 0 Å². The van der Waals surface area contributed by atoms with E-state index in [2.05, 4.69) is 24.5 Å². The average molecular weight is 236 g/mol. The minimum Gasteiger partial charge on any atom is -0.394 e. The van der Waals surface area contributed by atoms with Crippen LogP contribution in [-0.4, -0.2) is 23.8 Å². The van der Waals surface area contributed by atoms with Gasteiger partial charge in [-0.15, -0.1) is 0 Å². The van der Waals surface area contributed by atoms with E-state index in [1.165, 1.54) is 5.56 Å². The Bertz CT molecular complexity index is 360. The maximum absolute atomic E-state index is 11.5. The Balaban J connectivity index is 2.54. The topological polar surface area (TPSA) is 61.4 Å². The van der Waals surface area contributed by atoms with Crippen LogP contribution in [0.25, 0.3) is 0 Å². The largest absolute Gasteiger partial charge is 0.394 e. The molecule has 0 unspecified atom stereocenters. The van der Waals surface area contributed by atoms with Crippen LogP contribution in [0.4, 0.5) is 10.5 Å². The first-order valence-corrected chi connectivity index (χ1v) is 5.81. The molecule has 0 saturated carbocycles. The lowest BCUT2D eigenvalue weighted by molar-refractivity contribution is 0.229. The summed E-state index contributed by atoms with van der Waals surface area (Å²) in [5.74, 6) is 0.479. The third-order valence-electron chi connectivity index (χ3n) is 2.49. The number of carbonyl (C=O) groups excluding carboxylic acids is 1. The van der Waals surface area contributed by atoms with Crippen LogP contribution in [0, 0.1) is 0 Å². The number of anilines is 1. The molecule has 0 bridgehead atoms. The molecule has 0 fully saturated rings. The van der Waals surface area contributed by atoms with E-state index in [-0.39, 0.29) is 18.7 Å². The predicted molar refractivity (Wildman–Crippen MR) is 69.2 cm³/mol. The highest BCUT2D eigenvalue weighted by atomic mass is 16.3. The maximum atomic E-state index is 11.5. The number of urea groups is 1. The average Bonchev–Trinajstić information content (AvgIpc) is 2.29. The highest BCUT2D eigenvalue weighted by Gasteiger charge is 2.06. The number of nitrogens with one attached hydrogen (secondary N) is 2. The molecule has 3 N–H and O–H groups in total. The van der Waals surface area contributed by atoms with Gasteiger partial charge >= 0.3 is 6.03 Å². The molecule has 1 aromatic carbocycles. The fraction of sp³-hybridized carbons (Fsp3) is 0.462. The van der Waals surface area contributed by atoms with Crippen molar-refractivity contribution in [3.63, 3.8) is 0 Å². The minimum atomic E-state index is -0.302. The smallest absolute Gasteiger partial charge is 0.319 e. The molecule has 0 aliphatic heterocycles. The number of rotatable bonds is 4. The number of benzene rings is 1. The summed E-state index contributed by atoms with van der Waals surface area (Å²) in [6.45, 7) is 5.91. The highest BCUT2D eigenvalue weighted by molar-refractivity contribution is 5.89. The van der Waals surface area contributed by atoms with Crippen molar-refractivity contribution in [1.82, 2.24) is 5.32 Å². The van der Waals surface area contributed by atoms with Gasteiger partial charge in [0.15, 0.2) is 0 Å². The number of hydrogen-bond acceptors (Lipinski definition) is 2. The molecule has 0 aliphatic rings. The Labute approximate surface area is 102 Å². The Morgan fingerprint density at radius 3 is 2.29 bits per heavy atom. The van der Waals surface area contributed by atoms with Crippen LogP contribution in [0.1, 0.15) is 32.3 Å². The second kappa shape index (κ2) is 6.25. The normalized spacial score (nSPS) is 12.3. The molecule has 1 aromatic rings. The third-order valence-corrected chi connectivity index (χ3v) is 2.49. The van der Waals surface area contributed by atoms with Crippen molar-refractivity contribution in [3.8, 4) is 0 Å². The van der Waals surface area contributed by atoms with E-state index in [1.54, 1.807) is 6.92 Å². The van der Waals surface area contributed by atoms with Crippen molar-refractivity contribution in [2.24, 2.45) is 0 Å². The molecular formula is C13H20N2O2. The van der Waals surface area contributed by atoms with Crippen LogP contribution >= 0.6 is 0 Å². The second-order valence-electron chi connectivity index (χ2n) is 4.46. The number of aliphatic hydroxyl groups excluding tert-OH is 1. The van der Waals surface area contributed by atoms with E-state index >= 15 is 0 Å². The van der Waals surface area contributed by atoms with E-state index in [9.17, 15) is 4.79 Å². The molecule has 0 saturated heterocycles. The number of aliphatic hydroxyl groups is 1. The van der Waals surface area contributed by atoms with Gasteiger partial charge in [0.25, 0.3) is 0 Å². The van der Waals surface area contributed by atoms with Gasteiger partial charge in [0.1, 0.15) is 0 Å². The van der Waals surface area contributed by atoms with Crippen molar-refractivity contribution in [2.75, 3.05) is 11.9 Å². The van der Waals surface area contributed by atoms with E-state index in [0.29, 0.717) is 5.92 Å². The van der Waals surface area contributed by atoms with Crippen LogP contribution in [0.3, 0.4) is 0 Å². The summed E-state index contributed by atoms with van der Waals surface area (Å²) in [6, 6.07) is 7.19. The summed E-state index contributed by atoms with van der Waals surface area (Å²) in [5.41, 5.74) is 1.98. The van der Waals surface area contributed by atoms with E-state index < -0.39 is 0 Å². The lowest BCUT2D eigenvalue weighted by Crippen LogP contribution is -2.38. The molecule has 0 aliphatic carbocycles. The molecule has 0 radical (unpaired) electrons. The SMILES string of the molecule is CC(C)c1ccc(NC(=O)N[C@H](C)CO)cc1. The Hall–Kier alpha value is -1.55. The zero-order chi connectivity index (χ0) is 12.8. The second-order valence-corrected chi connectivity index (χ2v) is 4.46. The van der Waals surface area contributed by atoms with Gasteiger partial charge in [-0.1, -0.05) is 26.0 Å². The Morgan fingerprint density at radius 1 is 1.24 bits per heavy atom. The molecule has 1 atom stereocenters. The molecule has 0 heterocycles. The van der Waals surface area contributed by atoms with Gasteiger partial charge in [0.2, 0.25) is 0 Å². The standard InChI is InChI=1S/C13H20N2O2/c1-9(2)11-4-6-12(7-5-11)15-13(17)14-10(3)8-16/h4-7,9-10,16H,8H2,1-3H3,(H2,14,15,17)/t10-/m1/s1. The molecule has 2 amide bonds. The van der Waals surface area contributed by atoms with Crippen LogP contribution < -0.4 is 10.6 Å². The third kappa shape index (κ3) is 4.44. The van der Waals surface area contributed by atoms with Crippen molar-refractivity contribution in [3.05, 3.63) is 29.8 Å². The zero-order valence-corrected chi connectivity index (χ0v) is 10.5. The Kier molecular flexibility index (Phi) is 4.97. The molecule has 4 nitrogen and oxygen atoms in total. The van der Waals surface area contributed by atoms with Gasteiger partial charge in [-0.3, -0.25) is 0 Å². The molecule has 1 rings (SSSR count). The van der Waals surface area contributed by atoms with Crippen LogP contribution in [-0.2, 0) is 0 Å². The van der Waals surface area contributed by atoms with Gasteiger partial charge in [0.05, 0.1) is 12.6 Å². The van der Waals surface area contributed by atoms with Crippen LogP contribution in [0.5, 0.6) is 0 Å². The molecular weight excluding hydrogens is 216 g/mol. The maximum Gasteiger partial charge on any atom is 0.319 e. The summed E-state index contributed by atoms with van der Waals surface area (Å²) < 4.78 is 0. The molecule has 94 valence electrons. The fourth-order valence-corrected chi connectivity index (χ4v) is 1.39. The first-order chi connectivity index (χ1) is 8.02. The molecule has 4 heteroatoms. The molecule has 0 spiro atoms. The fourth-order valence-electron chi connectivity index (χ4n) is 1.39. The van der Waals surface area contributed by atoms with Crippen molar-refractivity contribution < 1.29 is 9.90 Å². The lowest BCUT2D eigenvalue weighted by atomic mass is 10.0. The van der Waals surface area contributed by atoms with Crippen molar-refractivity contribution in [1.29, 1.82) is 0 Å². The summed E-state index contributed by atoms with van der Waals surface area (Å²) in [4.78, 5) is 11.5. The lowest BCUT2D eigenvalue weighted by Gasteiger charge is -2.12. The van der Waals surface area contributed by atoms with Gasteiger partial charge in [-0.05, 0) is 30.5 Å². The summed E-state index contributed by atoms with van der Waals surface area (Å²) in [5, 5.41) is 14.1. The van der Waals surface area contributed by atoms with Crippen LogP contribution in [0.2, 0.25) is 0 Å². The summed E-state index contributed by atoms with van der Waals surface area (Å²) >= 11 is 0. The molecule has 17 heavy (non-hydrogen) atoms. The monoisotopic (exact) mass is 236 g/mol. The zero-order valence-electron chi connectivity index (χ0n) is 10.5. The minimum absolute atomic E-state index is 0.0697. The summed E-state index contributed by atoms with van der Waals surface area (Å²) in [6.07, 6.45) is 0. The molecule has 0 aromatic heterocycles. The van der Waals surface area contributed by atoms with E-state index in [0.717, 1.165) is 5.69 Å². The van der Waals surface area contributed by atoms with Crippen LogP contribution in [0.15, 0.2) is 24.3 Å². The predicted octanol–water partition coefficient (Wildman–Crippen LogP) is 2.31. The number of hydrogen-bond donors (Lipinski definition) is 3.